The summed E-state index contributed by atoms with van der Waals surface area (Å²) in [5.74, 6) is -0.633. The van der Waals surface area contributed by atoms with Gasteiger partial charge in [-0.2, -0.15) is 5.26 Å². The van der Waals surface area contributed by atoms with Crippen molar-refractivity contribution in [2.75, 3.05) is 18.9 Å². The van der Waals surface area contributed by atoms with Gasteiger partial charge in [0, 0.05) is 5.69 Å². The van der Waals surface area contributed by atoms with Crippen molar-refractivity contribution < 1.29 is 14.6 Å². The summed E-state index contributed by atoms with van der Waals surface area (Å²) in [7, 11) is 0. The number of aliphatic hydroxyl groups excluding tert-OH is 1. The molecule has 0 saturated heterocycles. The molecule has 0 aliphatic heterocycles. The Bertz CT molecular complexity index is 449. The van der Waals surface area contributed by atoms with Gasteiger partial charge in [-0.25, -0.2) is 4.79 Å². The van der Waals surface area contributed by atoms with Crippen LogP contribution in [-0.4, -0.2) is 24.3 Å². The summed E-state index contributed by atoms with van der Waals surface area (Å²) in [5, 5.41) is 17.3. The molecule has 0 atom stereocenters. The lowest BCUT2D eigenvalue weighted by Crippen LogP contribution is -2.12. The molecular weight excluding hydrogens is 208 g/mol. The third-order valence-corrected chi connectivity index (χ3v) is 2.06. The summed E-state index contributed by atoms with van der Waals surface area (Å²) in [6, 6.07) is 4.91. The second kappa shape index (κ2) is 5.14. The van der Waals surface area contributed by atoms with Gasteiger partial charge >= 0.3 is 5.97 Å². The predicted molar refractivity (Wildman–Crippen MR) is 57.7 cm³/mol. The summed E-state index contributed by atoms with van der Waals surface area (Å²) in [6.07, 6.45) is 0. The van der Waals surface area contributed by atoms with Gasteiger partial charge in [-0.15, -0.1) is 0 Å². The first-order chi connectivity index (χ1) is 7.60. The number of hydrogen-bond acceptors (Lipinski definition) is 5. The number of hydrogen-bond donors (Lipinski definition) is 2. The summed E-state index contributed by atoms with van der Waals surface area (Å²) in [6.45, 7) is 1.37. The summed E-state index contributed by atoms with van der Waals surface area (Å²) in [4.78, 5) is 11.5. The van der Waals surface area contributed by atoms with Gasteiger partial charge < -0.3 is 15.6 Å². The van der Waals surface area contributed by atoms with E-state index in [0.29, 0.717) is 16.8 Å². The molecule has 0 saturated carbocycles. The first-order valence-electron chi connectivity index (χ1n) is 4.68. The molecule has 0 bridgehead atoms. The molecule has 1 aromatic rings. The van der Waals surface area contributed by atoms with Crippen molar-refractivity contribution in [2.24, 2.45) is 0 Å². The van der Waals surface area contributed by atoms with Crippen LogP contribution in [0.1, 0.15) is 21.5 Å². The highest BCUT2D eigenvalue weighted by Crippen LogP contribution is 2.20. The van der Waals surface area contributed by atoms with Crippen molar-refractivity contribution in [1.29, 1.82) is 5.26 Å². The van der Waals surface area contributed by atoms with Gasteiger partial charge in [0.15, 0.2) is 0 Å². The topological polar surface area (TPSA) is 96.3 Å². The Balaban J connectivity index is 3.08. The van der Waals surface area contributed by atoms with Crippen LogP contribution in [0.2, 0.25) is 0 Å². The second-order valence-electron chi connectivity index (χ2n) is 3.23. The predicted octanol–water partition coefficient (Wildman–Crippen LogP) is 0.598. The number of benzene rings is 1. The monoisotopic (exact) mass is 220 g/mol. The SMILES string of the molecule is Cc1cc(C#N)cc(C(=O)OCCO)c1N. The van der Waals surface area contributed by atoms with Crippen molar-refractivity contribution in [3.05, 3.63) is 28.8 Å². The molecule has 0 aliphatic carbocycles. The number of nitriles is 1. The largest absolute Gasteiger partial charge is 0.460 e. The molecule has 16 heavy (non-hydrogen) atoms. The smallest absolute Gasteiger partial charge is 0.340 e. The van der Waals surface area contributed by atoms with Gasteiger partial charge in [0.2, 0.25) is 0 Å². The minimum absolute atomic E-state index is 0.0892. The molecular formula is C11H12N2O3. The molecule has 5 nitrogen and oxygen atoms in total. The van der Waals surface area contributed by atoms with E-state index in [1.165, 1.54) is 6.07 Å². The summed E-state index contributed by atoms with van der Waals surface area (Å²) >= 11 is 0. The molecule has 0 spiro atoms. The lowest BCUT2D eigenvalue weighted by atomic mass is 10.0. The number of carbonyl (C=O) groups excluding carboxylic acids is 1. The average molecular weight is 220 g/mol. The van der Waals surface area contributed by atoms with Crippen LogP contribution in [-0.2, 0) is 4.74 Å². The molecule has 0 amide bonds. The fourth-order valence-corrected chi connectivity index (χ4v) is 1.25. The lowest BCUT2D eigenvalue weighted by Gasteiger charge is -2.08. The normalized spacial score (nSPS) is 9.56. The Hall–Kier alpha value is -2.06. The van der Waals surface area contributed by atoms with E-state index in [0.717, 1.165) is 0 Å². The van der Waals surface area contributed by atoms with Crippen LogP contribution < -0.4 is 5.73 Å². The second-order valence-corrected chi connectivity index (χ2v) is 3.23. The van der Waals surface area contributed by atoms with Crippen LogP contribution >= 0.6 is 0 Å². The quantitative estimate of drug-likeness (QED) is 0.574. The molecule has 0 fully saturated rings. The number of ether oxygens (including phenoxy) is 1. The van der Waals surface area contributed by atoms with Crippen LogP contribution in [0.25, 0.3) is 0 Å². The standard InChI is InChI=1S/C11H12N2O3/c1-7-4-8(6-12)5-9(10(7)13)11(15)16-3-2-14/h4-5,14H,2-3,13H2,1H3. The van der Waals surface area contributed by atoms with Gasteiger partial charge in [-0.1, -0.05) is 0 Å². The molecule has 1 aromatic carbocycles. The van der Waals surface area contributed by atoms with E-state index in [9.17, 15) is 4.79 Å². The van der Waals surface area contributed by atoms with Crippen molar-refractivity contribution >= 4 is 11.7 Å². The van der Waals surface area contributed by atoms with E-state index in [1.54, 1.807) is 13.0 Å². The molecule has 3 N–H and O–H groups in total. The number of nitrogens with zero attached hydrogens (tertiary/aromatic N) is 1. The van der Waals surface area contributed by atoms with Gasteiger partial charge in [0.05, 0.1) is 23.8 Å². The number of esters is 1. The Morgan fingerprint density at radius 3 is 2.88 bits per heavy atom. The van der Waals surface area contributed by atoms with Crippen LogP contribution in [0.15, 0.2) is 12.1 Å². The first-order valence-corrected chi connectivity index (χ1v) is 4.68. The highest BCUT2D eigenvalue weighted by atomic mass is 16.5. The van der Waals surface area contributed by atoms with Gasteiger partial charge in [-0.05, 0) is 24.6 Å². The number of rotatable bonds is 3. The number of nitrogen functional groups attached to an aromatic ring is 1. The summed E-state index contributed by atoms with van der Waals surface area (Å²) in [5.41, 5.74) is 7.15. The fourth-order valence-electron chi connectivity index (χ4n) is 1.25. The zero-order valence-electron chi connectivity index (χ0n) is 8.86. The summed E-state index contributed by atoms with van der Waals surface area (Å²) < 4.78 is 4.73. The van der Waals surface area contributed by atoms with Crippen LogP contribution in [0.4, 0.5) is 5.69 Å². The van der Waals surface area contributed by atoms with Crippen LogP contribution in [0, 0.1) is 18.3 Å². The molecule has 5 heteroatoms. The average Bonchev–Trinajstić information content (AvgIpc) is 2.29. The van der Waals surface area contributed by atoms with Gasteiger partial charge in [0.25, 0.3) is 0 Å². The van der Waals surface area contributed by atoms with Gasteiger partial charge in [0.1, 0.15) is 6.61 Å². The number of aryl methyl sites for hydroxylation is 1. The Kier molecular flexibility index (Phi) is 3.86. The number of anilines is 1. The third kappa shape index (κ3) is 2.49. The maximum Gasteiger partial charge on any atom is 0.340 e. The van der Waals surface area contributed by atoms with Crippen LogP contribution in [0.5, 0.6) is 0 Å². The molecule has 0 radical (unpaired) electrons. The maximum atomic E-state index is 11.5. The highest BCUT2D eigenvalue weighted by Gasteiger charge is 2.14. The van der Waals surface area contributed by atoms with E-state index in [4.69, 9.17) is 20.8 Å². The van der Waals surface area contributed by atoms with E-state index >= 15 is 0 Å². The van der Waals surface area contributed by atoms with Gasteiger partial charge in [-0.3, -0.25) is 0 Å². The van der Waals surface area contributed by atoms with Crippen molar-refractivity contribution in [1.82, 2.24) is 0 Å². The Morgan fingerprint density at radius 1 is 1.62 bits per heavy atom. The van der Waals surface area contributed by atoms with Crippen molar-refractivity contribution in [2.45, 2.75) is 6.92 Å². The first kappa shape index (κ1) is 12.0. The minimum atomic E-state index is -0.633. The molecule has 0 unspecified atom stereocenters. The minimum Gasteiger partial charge on any atom is -0.460 e. The highest BCUT2D eigenvalue weighted by molar-refractivity contribution is 5.96. The number of carbonyl (C=O) groups is 1. The maximum absolute atomic E-state index is 11.5. The number of nitrogens with two attached hydrogens (primary N) is 1. The van der Waals surface area contributed by atoms with E-state index in [2.05, 4.69) is 0 Å². The van der Waals surface area contributed by atoms with Crippen molar-refractivity contribution in [3.63, 3.8) is 0 Å². The zero-order chi connectivity index (χ0) is 12.1. The third-order valence-electron chi connectivity index (χ3n) is 2.06. The van der Waals surface area contributed by atoms with E-state index in [-0.39, 0.29) is 18.8 Å². The lowest BCUT2D eigenvalue weighted by molar-refractivity contribution is 0.0435. The van der Waals surface area contributed by atoms with E-state index in [1.807, 2.05) is 6.07 Å². The van der Waals surface area contributed by atoms with Crippen LogP contribution in [0.3, 0.4) is 0 Å². The molecule has 0 heterocycles. The number of aliphatic hydroxyl groups is 1. The molecule has 84 valence electrons. The molecule has 0 aromatic heterocycles. The molecule has 0 aliphatic rings. The Labute approximate surface area is 93.1 Å². The molecule has 1 rings (SSSR count). The Morgan fingerprint density at radius 2 is 2.31 bits per heavy atom. The van der Waals surface area contributed by atoms with Crippen molar-refractivity contribution in [3.8, 4) is 6.07 Å². The van der Waals surface area contributed by atoms with E-state index < -0.39 is 5.97 Å². The fraction of sp³-hybridized carbons (Fsp3) is 0.273. The zero-order valence-corrected chi connectivity index (χ0v) is 8.86.